The van der Waals surface area contributed by atoms with Crippen molar-refractivity contribution in [2.45, 2.75) is 0 Å². The molecule has 12 heteroatoms. The van der Waals surface area contributed by atoms with Crippen molar-refractivity contribution in [3.63, 3.8) is 0 Å². The summed E-state index contributed by atoms with van der Waals surface area (Å²) in [6.45, 7) is 0.181. The van der Waals surface area contributed by atoms with E-state index in [9.17, 15) is 18.4 Å². The van der Waals surface area contributed by atoms with E-state index in [-0.39, 0.29) is 34.9 Å². The number of aromatic nitrogens is 4. The number of halogens is 3. The Morgan fingerprint density at radius 3 is 2.74 bits per heavy atom. The zero-order chi connectivity index (χ0) is 26.6. The third-order valence-corrected chi connectivity index (χ3v) is 5.63. The number of fused-ring (bicyclic) bond motifs is 1. The first-order valence-electron chi connectivity index (χ1n) is 11.2. The summed E-state index contributed by atoms with van der Waals surface area (Å²) in [6.07, 6.45) is 8.44. The number of aromatic amines is 1. The highest BCUT2D eigenvalue weighted by Crippen LogP contribution is 2.33. The Labute approximate surface area is 219 Å². The van der Waals surface area contributed by atoms with Crippen molar-refractivity contribution in [1.82, 2.24) is 25.3 Å². The van der Waals surface area contributed by atoms with Crippen LogP contribution in [-0.2, 0) is 4.79 Å². The fourth-order valence-corrected chi connectivity index (χ4v) is 3.87. The van der Waals surface area contributed by atoms with Gasteiger partial charge >= 0.3 is 0 Å². The van der Waals surface area contributed by atoms with E-state index in [2.05, 4.69) is 35.9 Å². The summed E-state index contributed by atoms with van der Waals surface area (Å²) in [7, 11) is 0. The van der Waals surface area contributed by atoms with Crippen LogP contribution in [0.4, 0.5) is 26.1 Å². The topological polar surface area (TPSA) is 125 Å². The lowest BCUT2D eigenvalue weighted by molar-refractivity contribution is -0.110. The quantitative estimate of drug-likeness (QED) is 0.200. The minimum absolute atomic E-state index is 0.00749. The van der Waals surface area contributed by atoms with Crippen LogP contribution in [0.15, 0.2) is 61.1 Å². The lowest BCUT2D eigenvalue weighted by Gasteiger charge is -2.08. The first-order valence-corrected chi connectivity index (χ1v) is 11.6. The van der Waals surface area contributed by atoms with Crippen molar-refractivity contribution >= 4 is 58.5 Å². The molecule has 190 valence electrons. The van der Waals surface area contributed by atoms with Gasteiger partial charge in [0.2, 0.25) is 5.95 Å². The third kappa shape index (κ3) is 5.57. The Morgan fingerprint density at radius 2 is 1.95 bits per heavy atom. The van der Waals surface area contributed by atoms with Crippen molar-refractivity contribution in [2.75, 3.05) is 17.2 Å². The van der Waals surface area contributed by atoms with Crippen LogP contribution in [0.25, 0.3) is 17.7 Å². The average molecular weight is 534 g/mol. The molecule has 0 aliphatic carbocycles. The summed E-state index contributed by atoms with van der Waals surface area (Å²) < 4.78 is 26.6. The molecule has 4 aromatic rings. The van der Waals surface area contributed by atoms with E-state index in [0.29, 0.717) is 11.3 Å². The molecule has 38 heavy (non-hydrogen) atoms. The standard InChI is InChI=1S/C26H18ClF2N7O2/c27-23-11-22(35-26(36-23)33-15-4-6-19(28)20(29)10-15)25(38)31-7-1-2-14-3-5-17-18(9-16-12-30-13-32-16)24(37)34-21(17)8-14/h1-6,8-13H,7H2,(H,30,32)(H,31,38)(H,34,37)(H,33,35,36)/b2-1+,18-9?. The van der Waals surface area contributed by atoms with Crippen molar-refractivity contribution in [3.05, 3.63) is 100 Å². The number of carbonyl (C=O) groups is 2. The van der Waals surface area contributed by atoms with Gasteiger partial charge in [0.15, 0.2) is 11.6 Å². The molecule has 3 heterocycles. The van der Waals surface area contributed by atoms with E-state index in [1.807, 2.05) is 18.2 Å². The Bertz CT molecular complexity index is 1600. The first-order chi connectivity index (χ1) is 18.4. The zero-order valence-electron chi connectivity index (χ0n) is 19.4. The smallest absolute Gasteiger partial charge is 0.270 e. The minimum Gasteiger partial charge on any atom is -0.347 e. The van der Waals surface area contributed by atoms with E-state index in [1.165, 1.54) is 18.5 Å². The number of nitrogens with zero attached hydrogens (tertiary/aromatic N) is 3. The zero-order valence-corrected chi connectivity index (χ0v) is 20.2. The molecule has 4 N–H and O–H groups in total. The second kappa shape index (κ2) is 10.6. The van der Waals surface area contributed by atoms with Gasteiger partial charge in [-0.05, 0) is 29.8 Å². The molecular weight excluding hydrogens is 516 g/mol. The second-order valence-corrected chi connectivity index (χ2v) is 8.48. The van der Waals surface area contributed by atoms with E-state index in [0.717, 1.165) is 29.0 Å². The molecule has 9 nitrogen and oxygen atoms in total. The molecule has 2 aromatic heterocycles. The monoisotopic (exact) mass is 533 g/mol. The predicted molar refractivity (Wildman–Crippen MR) is 140 cm³/mol. The van der Waals surface area contributed by atoms with Crippen LogP contribution in [0.2, 0.25) is 5.15 Å². The number of rotatable bonds is 7. The highest BCUT2D eigenvalue weighted by atomic mass is 35.5. The summed E-state index contributed by atoms with van der Waals surface area (Å²) in [5.41, 5.74) is 3.72. The Balaban J connectivity index is 1.21. The van der Waals surface area contributed by atoms with E-state index in [4.69, 9.17) is 11.6 Å². The summed E-state index contributed by atoms with van der Waals surface area (Å²) in [5, 5.41) is 8.22. The van der Waals surface area contributed by atoms with Gasteiger partial charge in [-0.1, -0.05) is 35.9 Å². The number of hydrogen-bond donors (Lipinski definition) is 4. The van der Waals surface area contributed by atoms with Crippen LogP contribution in [0.3, 0.4) is 0 Å². The van der Waals surface area contributed by atoms with Gasteiger partial charge in [-0.2, -0.15) is 0 Å². The highest BCUT2D eigenvalue weighted by molar-refractivity contribution is 6.34. The maximum Gasteiger partial charge on any atom is 0.270 e. The van der Waals surface area contributed by atoms with Crippen LogP contribution in [0, 0.1) is 11.6 Å². The highest BCUT2D eigenvalue weighted by Gasteiger charge is 2.24. The molecule has 0 fully saturated rings. The molecule has 0 radical (unpaired) electrons. The maximum atomic E-state index is 13.5. The van der Waals surface area contributed by atoms with E-state index in [1.54, 1.807) is 24.4 Å². The number of benzene rings is 2. The molecule has 0 unspecified atom stereocenters. The molecule has 1 aliphatic rings. The molecule has 1 aliphatic heterocycles. The van der Waals surface area contributed by atoms with Crippen LogP contribution in [0.5, 0.6) is 0 Å². The van der Waals surface area contributed by atoms with Gasteiger partial charge in [0.1, 0.15) is 10.8 Å². The molecule has 0 saturated heterocycles. The molecule has 5 rings (SSSR count). The molecule has 2 aromatic carbocycles. The van der Waals surface area contributed by atoms with Crippen molar-refractivity contribution in [2.24, 2.45) is 0 Å². The number of nitrogens with one attached hydrogen (secondary N) is 4. The largest absolute Gasteiger partial charge is 0.347 e. The van der Waals surface area contributed by atoms with Crippen molar-refractivity contribution in [1.29, 1.82) is 0 Å². The average Bonchev–Trinajstić information content (AvgIpc) is 3.51. The van der Waals surface area contributed by atoms with Crippen molar-refractivity contribution in [3.8, 4) is 0 Å². The lowest BCUT2D eigenvalue weighted by atomic mass is 10.0. The molecule has 0 bridgehead atoms. The number of imidazole rings is 1. The van der Waals surface area contributed by atoms with Gasteiger partial charge in [-0.25, -0.2) is 23.7 Å². The van der Waals surface area contributed by atoms with E-state index < -0.39 is 17.5 Å². The van der Waals surface area contributed by atoms with Gasteiger partial charge in [0, 0.05) is 35.6 Å². The van der Waals surface area contributed by atoms with Gasteiger partial charge in [-0.15, -0.1) is 0 Å². The van der Waals surface area contributed by atoms with Crippen LogP contribution in [0.1, 0.15) is 27.3 Å². The Hall–Kier alpha value is -4.90. The van der Waals surface area contributed by atoms with Crippen LogP contribution < -0.4 is 16.0 Å². The summed E-state index contributed by atoms with van der Waals surface area (Å²) >= 11 is 6.01. The van der Waals surface area contributed by atoms with Crippen LogP contribution >= 0.6 is 11.6 Å². The number of amides is 2. The van der Waals surface area contributed by atoms with Gasteiger partial charge in [-0.3, -0.25) is 9.59 Å². The van der Waals surface area contributed by atoms with Crippen molar-refractivity contribution < 1.29 is 18.4 Å². The SMILES string of the molecule is O=C1Nc2cc(/C=C/CNC(=O)c3cc(Cl)nc(Nc4ccc(F)c(F)c4)n3)ccc2C1=Cc1cnc[nH]1. The fourth-order valence-electron chi connectivity index (χ4n) is 3.69. The first kappa shape index (κ1) is 24.8. The third-order valence-electron chi connectivity index (χ3n) is 5.44. The number of hydrogen-bond acceptors (Lipinski definition) is 6. The molecule has 0 atom stereocenters. The van der Waals surface area contributed by atoms with E-state index >= 15 is 0 Å². The minimum atomic E-state index is -1.04. The van der Waals surface area contributed by atoms with Crippen LogP contribution in [-0.4, -0.2) is 38.3 Å². The summed E-state index contributed by atoms with van der Waals surface area (Å²) in [4.78, 5) is 39.9. The normalized spacial score (nSPS) is 13.6. The molecule has 0 spiro atoms. The number of H-pyrrole nitrogens is 1. The fraction of sp³-hybridized carbons (Fsp3) is 0.0385. The lowest BCUT2D eigenvalue weighted by Crippen LogP contribution is -2.24. The summed E-state index contributed by atoms with van der Waals surface area (Å²) in [6, 6.07) is 10.0. The Kier molecular flexibility index (Phi) is 6.92. The predicted octanol–water partition coefficient (Wildman–Crippen LogP) is 4.81. The number of carbonyl (C=O) groups excluding carboxylic acids is 2. The maximum absolute atomic E-state index is 13.5. The summed E-state index contributed by atoms with van der Waals surface area (Å²) in [5.74, 6) is -2.80. The molecular formula is C26H18ClF2N7O2. The van der Waals surface area contributed by atoms with Gasteiger partial charge < -0.3 is 20.9 Å². The Morgan fingerprint density at radius 1 is 1.08 bits per heavy atom. The number of anilines is 3. The molecule has 0 saturated carbocycles. The van der Waals surface area contributed by atoms with Gasteiger partial charge in [0.25, 0.3) is 11.8 Å². The second-order valence-electron chi connectivity index (χ2n) is 8.09. The van der Waals surface area contributed by atoms with Gasteiger partial charge in [0.05, 0.1) is 23.8 Å². The molecule has 2 amide bonds.